The van der Waals surface area contributed by atoms with Gasteiger partial charge in [0.2, 0.25) is 0 Å². The normalized spacial score (nSPS) is 16.0. The third-order valence-corrected chi connectivity index (χ3v) is 4.81. The first-order chi connectivity index (χ1) is 10.6. The third-order valence-electron chi connectivity index (χ3n) is 3.60. The minimum absolute atomic E-state index is 0.149. The van der Waals surface area contributed by atoms with Crippen LogP contribution in [0.1, 0.15) is 15.4 Å². The van der Waals surface area contributed by atoms with E-state index in [1.807, 2.05) is 12.1 Å². The second-order valence-corrected chi connectivity index (χ2v) is 6.86. The van der Waals surface area contributed by atoms with Gasteiger partial charge in [-0.3, -0.25) is 9.69 Å². The largest absolute Gasteiger partial charge is 0.382 e. The molecule has 2 aromatic rings. The molecule has 3 rings (SSSR count). The van der Waals surface area contributed by atoms with Gasteiger partial charge in [-0.1, -0.05) is 11.6 Å². The minimum Gasteiger partial charge on any atom is -0.382 e. The Morgan fingerprint density at radius 2 is 1.95 bits per heavy atom. The Morgan fingerprint density at radius 3 is 2.59 bits per heavy atom. The number of aromatic nitrogens is 2. The zero-order valence-electron chi connectivity index (χ0n) is 11.9. The minimum atomic E-state index is -0.149. The number of amides is 1. The molecule has 1 amide bonds. The molecule has 0 radical (unpaired) electrons. The van der Waals surface area contributed by atoms with E-state index in [4.69, 9.17) is 17.3 Å². The van der Waals surface area contributed by atoms with Crippen LogP contribution in [0.5, 0.6) is 0 Å². The van der Waals surface area contributed by atoms with Crippen LogP contribution in [-0.2, 0) is 6.54 Å². The molecule has 3 heterocycles. The predicted molar refractivity (Wildman–Crippen MR) is 87.0 cm³/mol. The Labute approximate surface area is 137 Å². The average molecular weight is 338 g/mol. The second-order valence-electron chi connectivity index (χ2n) is 5.06. The van der Waals surface area contributed by atoms with Crippen LogP contribution in [0, 0.1) is 0 Å². The number of rotatable bonds is 3. The molecule has 0 unspecified atom stereocenters. The van der Waals surface area contributed by atoms with Gasteiger partial charge in [0.1, 0.15) is 0 Å². The third kappa shape index (κ3) is 3.37. The van der Waals surface area contributed by atoms with E-state index >= 15 is 0 Å². The molecule has 1 fully saturated rings. The summed E-state index contributed by atoms with van der Waals surface area (Å²) in [4.78, 5) is 25.7. The number of piperazine rings is 1. The lowest BCUT2D eigenvalue weighted by molar-refractivity contribution is 0.0624. The molecule has 0 atom stereocenters. The van der Waals surface area contributed by atoms with Crippen molar-refractivity contribution in [2.75, 3.05) is 31.9 Å². The maximum Gasteiger partial charge on any atom is 0.276 e. The fraction of sp³-hybridized carbons (Fsp3) is 0.357. The van der Waals surface area contributed by atoms with Crippen LogP contribution in [-0.4, -0.2) is 51.9 Å². The highest BCUT2D eigenvalue weighted by Crippen LogP contribution is 2.23. The van der Waals surface area contributed by atoms with Gasteiger partial charge in [-0.25, -0.2) is 9.97 Å². The number of thiophene rings is 1. The van der Waals surface area contributed by atoms with Gasteiger partial charge in [0.15, 0.2) is 11.5 Å². The van der Waals surface area contributed by atoms with E-state index in [9.17, 15) is 4.79 Å². The Morgan fingerprint density at radius 1 is 1.23 bits per heavy atom. The number of halogens is 1. The summed E-state index contributed by atoms with van der Waals surface area (Å²) < 4.78 is 0.807. The first-order valence-electron chi connectivity index (χ1n) is 6.96. The summed E-state index contributed by atoms with van der Waals surface area (Å²) in [6, 6.07) is 3.96. The summed E-state index contributed by atoms with van der Waals surface area (Å²) in [6.45, 7) is 3.83. The van der Waals surface area contributed by atoms with Crippen LogP contribution in [0.3, 0.4) is 0 Å². The predicted octanol–water partition coefficient (Wildman–Crippen LogP) is 1.73. The van der Waals surface area contributed by atoms with E-state index in [1.165, 1.54) is 17.3 Å². The Kier molecular flexibility index (Phi) is 4.56. The molecule has 1 saturated heterocycles. The highest BCUT2D eigenvalue weighted by atomic mass is 35.5. The van der Waals surface area contributed by atoms with Crippen molar-refractivity contribution in [3.63, 3.8) is 0 Å². The summed E-state index contributed by atoms with van der Waals surface area (Å²) in [5, 5.41) is 0. The summed E-state index contributed by atoms with van der Waals surface area (Å²) in [5.41, 5.74) is 5.95. The van der Waals surface area contributed by atoms with Crippen LogP contribution in [0.4, 0.5) is 5.82 Å². The van der Waals surface area contributed by atoms with Gasteiger partial charge in [-0.05, 0) is 12.1 Å². The summed E-state index contributed by atoms with van der Waals surface area (Å²) >= 11 is 7.54. The number of hydrogen-bond acceptors (Lipinski definition) is 6. The van der Waals surface area contributed by atoms with Crippen LogP contribution in [0.2, 0.25) is 4.34 Å². The Balaban J connectivity index is 1.57. The smallest absolute Gasteiger partial charge is 0.276 e. The Bertz CT molecular complexity index is 669. The van der Waals surface area contributed by atoms with Crippen LogP contribution in [0.25, 0.3) is 0 Å². The topological polar surface area (TPSA) is 75.3 Å². The maximum absolute atomic E-state index is 12.4. The molecule has 0 saturated carbocycles. The second kappa shape index (κ2) is 6.60. The molecule has 0 aromatic carbocycles. The lowest BCUT2D eigenvalue weighted by Gasteiger charge is -2.34. The quantitative estimate of drug-likeness (QED) is 0.923. The Hall–Kier alpha value is -1.70. The molecule has 6 nitrogen and oxygen atoms in total. The van der Waals surface area contributed by atoms with Crippen molar-refractivity contribution in [2.24, 2.45) is 0 Å². The lowest BCUT2D eigenvalue weighted by atomic mass is 10.2. The number of nitrogens with zero attached hydrogens (tertiary/aromatic N) is 4. The van der Waals surface area contributed by atoms with Gasteiger partial charge in [0.25, 0.3) is 5.91 Å². The van der Waals surface area contributed by atoms with Gasteiger partial charge in [0, 0.05) is 50.0 Å². The molecule has 0 aliphatic carbocycles. The fourth-order valence-corrected chi connectivity index (χ4v) is 3.56. The summed E-state index contributed by atoms with van der Waals surface area (Å²) in [7, 11) is 0. The number of carbonyl (C=O) groups excluding carboxylic acids is 1. The summed E-state index contributed by atoms with van der Waals surface area (Å²) in [5.74, 6) is 0.0348. The molecule has 0 bridgehead atoms. The molecule has 22 heavy (non-hydrogen) atoms. The van der Waals surface area contributed by atoms with E-state index in [-0.39, 0.29) is 17.4 Å². The highest BCUT2D eigenvalue weighted by molar-refractivity contribution is 7.16. The van der Waals surface area contributed by atoms with Crippen LogP contribution in [0.15, 0.2) is 24.5 Å². The molecule has 116 valence electrons. The van der Waals surface area contributed by atoms with Gasteiger partial charge in [0.05, 0.1) is 4.34 Å². The molecular weight excluding hydrogens is 322 g/mol. The first-order valence-corrected chi connectivity index (χ1v) is 8.15. The van der Waals surface area contributed by atoms with Gasteiger partial charge in [-0.15, -0.1) is 11.3 Å². The number of nitrogens with two attached hydrogens (primary N) is 1. The molecule has 1 aliphatic heterocycles. The summed E-state index contributed by atoms with van der Waals surface area (Å²) in [6.07, 6.45) is 2.97. The van der Waals surface area contributed by atoms with Crippen molar-refractivity contribution in [3.8, 4) is 0 Å². The number of anilines is 1. The average Bonchev–Trinajstić information content (AvgIpc) is 2.93. The molecule has 8 heteroatoms. The van der Waals surface area contributed by atoms with Crippen molar-refractivity contribution >= 4 is 34.7 Å². The SMILES string of the molecule is Nc1nccnc1C(=O)N1CCN(Cc2ccc(Cl)s2)CC1. The van der Waals surface area contributed by atoms with E-state index in [0.717, 1.165) is 24.0 Å². The number of hydrogen-bond donors (Lipinski definition) is 1. The number of nitrogen functional groups attached to an aromatic ring is 1. The first kappa shape index (κ1) is 15.2. The molecular formula is C14H16ClN5OS. The maximum atomic E-state index is 12.4. The number of carbonyl (C=O) groups is 1. The fourth-order valence-electron chi connectivity index (χ4n) is 2.43. The molecule has 0 spiro atoms. The van der Waals surface area contributed by atoms with Gasteiger partial charge >= 0.3 is 0 Å². The standard InChI is InChI=1S/C14H16ClN5OS/c15-11-2-1-10(22-11)9-19-5-7-20(8-6-19)14(21)12-13(16)18-4-3-17-12/h1-4H,5-9H2,(H2,16,18). The van der Waals surface area contributed by atoms with E-state index in [0.29, 0.717) is 13.1 Å². The molecule has 2 aromatic heterocycles. The van der Waals surface area contributed by atoms with Gasteiger partial charge in [-0.2, -0.15) is 0 Å². The monoisotopic (exact) mass is 337 g/mol. The van der Waals surface area contributed by atoms with Crippen LogP contribution >= 0.6 is 22.9 Å². The lowest BCUT2D eigenvalue weighted by Crippen LogP contribution is -2.48. The zero-order chi connectivity index (χ0) is 15.5. The van der Waals surface area contributed by atoms with E-state index in [2.05, 4.69) is 14.9 Å². The van der Waals surface area contributed by atoms with Crippen LogP contribution < -0.4 is 5.73 Å². The van der Waals surface area contributed by atoms with E-state index in [1.54, 1.807) is 16.2 Å². The van der Waals surface area contributed by atoms with Crippen molar-refractivity contribution in [3.05, 3.63) is 39.4 Å². The van der Waals surface area contributed by atoms with E-state index < -0.39 is 0 Å². The van der Waals surface area contributed by atoms with Crippen molar-refractivity contribution in [1.82, 2.24) is 19.8 Å². The zero-order valence-corrected chi connectivity index (χ0v) is 13.5. The van der Waals surface area contributed by atoms with Crippen molar-refractivity contribution < 1.29 is 4.79 Å². The van der Waals surface area contributed by atoms with Crippen molar-refractivity contribution in [1.29, 1.82) is 0 Å². The van der Waals surface area contributed by atoms with Crippen molar-refractivity contribution in [2.45, 2.75) is 6.54 Å². The molecule has 2 N–H and O–H groups in total. The highest BCUT2D eigenvalue weighted by Gasteiger charge is 2.24. The molecule has 1 aliphatic rings. The van der Waals surface area contributed by atoms with Gasteiger partial charge < -0.3 is 10.6 Å².